The lowest BCUT2D eigenvalue weighted by atomic mass is 10.1. The molecular weight excluding hydrogens is 206 g/mol. The number of rotatable bonds is 5. The minimum atomic E-state index is -0.243. The van der Waals surface area contributed by atoms with E-state index in [-0.39, 0.29) is 18.6 Å². The van der Waals surface area contributed by atoms with E-state index >= 15 is 0 Å². The molecule has 88 valence electrons. The third-order valence-electron chi connectivity index (χ3n) is 2.32. The van der Waals surface area contributed by atoms with Crippen molar-refractivity contribution in [3.8, 4) is 0 Å². The summed E-state index contributed by atoms with van der Waals surface area (Å²) in [6.45, 7) is 3.84. The Morgan fingerprint density at radius 3 is 2.75 bits per heavy atom. The lowest BCUT2D eigenvalue weighted by Crippen LogP contribution is -2.35. The van der Waals surface area contributed by atoms with Crippen LogP contribution in [-0.4, -0.2) is 33.6 Å². The van der Waals surface area contributed by atoms with Crippen LogP contribution in [0.25, 0.3) is 0 Å². The van der Waals surface area contributed by atoms with Crippen molar-refractivity contribution in [3.05, 3.63) is 23.8 Å². The van der Waals surface area contributed by atoms with Gasteiger partial charge in [-0.25, -0.2) is 4.98 Å². The van der Waals surface area contributed by atoms with Gasteiger partial charge in [0.2, 0.25) is 0 Å². The average molecular weight is 223 g/mol. The van der Waals surface area contributed by atoms with Crippen molar-refractivity contribution in [2.75, 3.05) is 6.61 Å². The van der Waals surface area contributed by atoms with Crippen LogP contribution in [0.2, 0.25) is 0 Å². The number of carbonyl (C=O) groups excluding carboxylic acids is 1. The molecule has 2 N–H and O–H groups in total. The highest BCUT2D eigenvalue weighted by atomic mass is 16.3. The molecule has 0 aliphatic rings. The molecule has 1 atom stereocenters. The van der Waals surface area contributed by atoms with E-state index in [1.807, 2.05) is 13.8 Å². The molecule has 0 aliphatic heterocycles. The molecule has 0 saturated carbocycles. The normalized spacial score (nSPS) is 12.2. The second kappa shape index (κ2) is 6.17. The number of hydrogen-bond donors (Lipinski definition) is 2. The maximum absolute atomic E-state index is 11.7. The lowest BCUT2D eigenvalue weighted by Gasteiger charge is -2.14. The van der Waals surface area contributed by atoms with Crippen LogP contribution in [-0.2, 0) is 0 Å². The van der Waals surface area contributed by atoms with Gasteiger partial charge in [0, 0.05) is 18.8 Å². The number of aliphatic hydroxyl groups is 1. The first-order valence-corrected chi connectivity index (χ1v) is 5.37. The number of aromatic nitrogens is 2. The molecule has 1 aromatic rings. The van der Waals surface area contributed by atoms with Crippen LogP contribution in [0.4, 0.5) is 0 Å². The molecule has 0 radical (unpaired) electrons. The fraction of sp³-hybridized carbons (Fsp3) is 0.545. The minimum absolute atomic E-state index is 0.0133. The number of carbonyl (C=O) groups is 1. The first-order chi connectivity index (χ1) is 7.67. The van der Waals surface area contributed by atoms with Crippen molar-refractivity contribution in [1.82, 2.24) is 15.3 Å². The van der Waals surface area contributed by atoms with Gasteiger partial charge in [0.1, 0.15) is 5.69 Å². The number of nitrogens with one attached hydrogen (secondary N) is 1. The largest absolute Gasteiger partial charge is 0.396 e. The number of hydrogen-bond acceptors (Lipinski definition) is 4. The van der Waals surface area contributed by atoms with E-state index < -0.39 is 0 Å². The van der Waals surface area contributed by atoms with Crippen LogP contribution in [0, 0.1) is 6.92 Å². The molecule has 0 fully saturated rings. The fourth-order valence-corrected chi connectivity index (χ4v) is 1.30. The van der Waals surface area contributed by atoms with E-state index in [4.69, 9.17) is 5.11 Å². The molecule has 1 aromatic heterocycles. The van der Waals surface area contributed by atoms with Gasteiger partial charge < -0.3 is 10.4 Å². The lowest BCUT2D eigenvalue weighted by molar-refractivity contribution is 0.0923. The molecule has 5 heteroatoms. The van der Waals surface area contributed by atoms with E-state index in [1.54, 1.807) is 6.20 Å². The number of nitrogens with zero attached hydrogens (tertiary/aromatic N) is 2. The highest BCUT2D eigenvalue weighted by molar-refractivity contribution is 5.92. The zero-order chi connectivity index (χ0) is 12.0. The molecule has 0 aliphatic carbocycles. The molecule has 0 saturated heterocycles. The SMILES string of the molecule is CCC(CCO)NC(=O)c1cnc(C)cn1. The molecule has 0 spiro atoms. The van der Waals surface area contributed by atoms with Gasteiger partial charge in [-0.3, -0.25) is 9.78 Å². The smallest absolute Gasteiger partial charge is 0.271 e. The molecule has 0 bridgehead atoms. The van der Waals surface area contributed by atoms with Gasteiger partial charge in [-0.15, -0.1) is 0 Å². The summed E-state index contributed by atoms with van der Waals surface area (Å²) in [5.74, 6) is -0.243. The van der Waals surface area contributed by atoms with Crippen LogP contribution in [0.1, 0.15) is 35.9 Å². The van der Waals surface area contributed by atoms with Crippen LogP contribution in [0.3, 0.4) is 0 Å². The topological polar surface area (TPSA) is 75.1 Å². The van der Waals surface area contributed by atoms with Crippen molar-refractivity contribution in [2.24, 2.45) is 0 Å². The van der Waals surface area contributed by atoms with Gasteiger partial charge in [0.15, 0.2) is 0 Å². The highest BCUT2D eigenvalue weighted by Crippen LogP contribution is 2.00. The van der Waals surface area contributed by atoms with E-state index in [9.17, 15) is 4.79 Å². The first kappa shape index (κ1) is 12.6. The Morgan fingerprint density at radius 2 is 2.25 bits per heavy atom. The van der Waals surface area contributed by atoms with E-state index in [2.05, 4.69) is 15.3 Å². The quantitative estimate of drug-likeness (QED) is 0.769. The predicted octanol–water partition coefficient (Wildman–Crippen LogP) is 0.676. The summed E-state index contributed by atoms with van der Waals surface area (Å²) in [5, 5.41) is 11.6. The van der Waals surface area contributed by atoms with Gasteiger partial charge >= 0.3 is 0 Å². The molecule has 16 heavy (non-hydrogen) atoms. The van der Waals surface area contributed by atoms with Crippen molar-refractivity contribution in [3.63, 3.8) is 0 Å². The summed E-state index contributed by atoms with van der Waals surface area (Å²) in [6.07, 6.45) is 4.35. The molecule has 5 nitrogen and oxygen atoms in total. The zero-order valence-corrected chi connectivity index (χ0v) is 9.60. The van der Waals surface area contributed by atoms with Gasteiger partial charge in [-0.1, -0.05) is 6.92 Å². The maximum Gasteiger partial charge on any atom is 0.271 e. The summed E-state index contributed by atoms with van der Waals surface area (Å²) < 4.78 is 0. The first-order valence-electron chi connectivity index (χ1n) is 5.37. The van der Waals surface area contributed by atoms with E-state index in [1.165, 1.54) is 6.20 Å². The summed E-state index contributed by atoms with van der Waals surface area (Å²) >= 11 is 0. The summed E-state index contributed by atoms with van der Waals surface area (Å²) in [6, 6.07) is -0.0133. The van der Waals surface area contributed by atoms with Crippen molar-refractivity contribution < 1.29 is 9.90 Å². The predicted molar refractivity (Wildman–Crippen MR) is 60.0 cm³/mol. The third-order valence-corrected chi connectivity index (χ3v) is 2.32. The Bertz CT molecular complexity index is 338. The summed E-state index contributed by atoms with van der Waals surface area (Å²) in [7, 11) is 0. The van der Waals surface area contributed by atoms with Crippen molar-refractivity contribution in [2.45, 2.75) is 32.7 Å². The van der Waals surface area contributed by atoms with E-state index in [0.29, 0.717) is 12.1 Å². The second-order valence-electron chi connectivity index (χ2n) is 3.63. The highest BCUT2D eigenvalue weighted by Gasteiger charge is 2.12. The molecule has 1 unspecified atom stereocenters. The monoisotopic (exact) mass is 223 g/mol. The molecule has 1 rings (SSSR count). The van der Waals surface area contributed by atoms with Crippen molar-refractivity contribution in [1.29, 1.82) is 0 Å². The maximum atomic E-state index is 11.7. The van der Waals surface area contributed by atoms with E-state index in [0.717, 1.165) is 12.1 Å². The number of aryl methyl sites for hydroxylation is 1. The van der Waals surface area contributed by atoms with Crippen LogP contribution in [0.15, 0.2) is 12.4 Å². The average Bonchev–Trinajstić information content (AvgIpc) is 2.29. The third kappa shape index (κ3) is 3.58. The Hall–Kier alpha value is -1.49. The fourth-order valence-electron chi connectivity index (χ4n) is 1.30. The Labute approximate surface area is 94.9 Å². The van der Waals surface area contributed by atoms with Gasteiger partial charge in [-0.05, 0) is 19.8 Å². The minimum Gasteiger partial charge on any atom is -0.396 e. The second-order valence-corrected chi connectivity index (χ2v) is 3.63. The standard InChI is InChI=1S/C11H17N3O2/c1-3-9(4-5-15)14-11(16)10-7-12-8(2)6-13-10/h6-7,9,15H,3-5H2,1-2H3,(H,14,16). The Kier molecular flexibility index (Phi) is 4.85. The Morgan fingerprint density at radius 1 is 1.50 bits per heavy atom. The molecule has 0 aromatic carbocycles. The van der Waals surface area contributed by atoms with Crippen LogP contribution in [0.5, 0.6) is 0 Å². The molecule has 1 amide bonds. The van der Waals surface area contributed by atoms with Gasteiger partial charge in [0.05, 0.1) is 11.9 Å². The number of aliphatic hydroxyl groups excluding tert-OH is 1. The van der Waals surface area contributed by atoms with Crippen LogP contribution < -0.4 is 5.32 Å². The zero-order valence-electron chi connectivity index (χ0n) is 9.60. The molecular formula is C11H17N3O2. The summed E-state index contributed by atoms with van der Waals surface area (Å²) in [5.41, 5.74) is 1.08. The molecule has 1 heterocycles. The van der Waals surface area contributed by atoms with Gasteiger partial charge in [-0.2, -0.15) is 0 Å². The number of amides is 1. The Balaban J connectivity index is 2.60. The summed E-state index contributed by atoms with van der Waals surface area (Å²) in [4.78, 5) is 19.7. The van der Waals surface area contributed by atoms with Crippen molar-refractivity contribution >= 4 is 5.91 Å². The van der Waals surface area contributed by atoms with Crippen LogP contribution >= 0.6 is 0 Å². The van der Waals surface area contributed by atoms with Gasteiger partial charge in [0.25, 0.3) is 5.91 Å².